The predicted octanol–water partition coefficient (Wildman–Crippen LogP) is 6.04. The van der Waals surface area contributed by atoms with Crippen molar-refractivity contribution in [2.75, 3.05) is 0 Å². The Balaban J connectivity index is 1.86. The molecular formula is C27H20ClN3O. The third-order valence-corrected chi connectivity index (χ3v) is 5.91. The maximum atomic E-state index is 12.8. The highest BCUT2D eigenvalue weighted by molar-refractivity contribution is 6.33. The lowest BCUT2D eigenvalue weighted by molar-refractivity contribution is 1.07. The van der Waals surface area contributed by atoms with E-state index in [0.717, 1.165) is 39.1 Å². The summed E-state index contributed by atoms with van der Waals surface area (Å²) in [5, 5.41) is 1.12. The number of aromatic amines is 1. The van der Waals surface area contributed by atoms with E-state index < -0.39 is 0 Å². The number of pyridine rings is 2. The Bertz CT molecular complexity index is 1480. The van der Waals surface area contributed by atoms with Gasteiger partial charge in [-0.25, -0.2) is 4.98 Å². The topological polar surface area (TPSA) is 71.8 Å². The van der Waals surface area contributed by atoms with Crippen molar-refractivity contribution in [2.45, 2.75) is 6.54 Å². The third kappa shape index (κ3) is 3.60. The van der Waals surface area contributed by atoms with Crippen LogP contribution in [0.15, 0.2) is 95.9 Å². The lowest BCUT2D eigenvalue weighted by Crippen LogP contribution is -2.08. The highest BCUT2D eigenvalue weighted by Crippen LogP contribution is 2.36. The first-order valence-electron chi connectivity index (χ1n) is 10.3. The quantitative estimate of drug-likeness (QED) is 0.360. The Morgan fingerprint density at radius 1 is 0.812 bits per heavy atom. The van der Waals surface area contributed by atoms with Crippen molar-refractivity contribution in [1.29, 1.82) is 0 Å². The van der Waals surface area contributed by atoms with Gasteiger partial charge >= 0.3 is 0 Å². The normalized spacial score (nSPS) is 11.1. The molecule has 4 nitrogen and oxygen atoms in total. The van der Waals surface area contributed by atoms with Crippen molar-refractivity contribution in [3.05, 3.63) is 112 Å². The van der Waals surface area contributed by atoms with Gasteiger partial charge in [0.05, 0.1) is 16.6 Å². The monoisotopic (exact) mass is 437 g/mol. The number of hydrogen-bond donors (Lipinski definition) is 2. The summed E-state index contributed by atoms with van der Waals surface area (Å²) in [7, 11) is 0. The van der Waals surface area contributed by atoms with Crippen molar-refractivity contribution in [3.8, 4) is 33.5 Å². The smallest absolute Gasteiger partial charge is 0.257 e. The van der Waals surface area contributed by atoms with E-state index in [1.54, 1.807) is 6.20 Å². The van der Waals surface area contributed by atoms with Gasteiger partial charge in [0.2, 0.25) is 0 Å². The van der Waals surface area contributed by atoms with Gasteiger partial charge < -0.3 is 10.7 Å². The number of nitrogens with one attached hydrogen (secondary N) is 1. The molecule has 0 bridgehead atoms. The SMILES string of the molecule is NCc1ccc(-c2nc3c(-c4ccccc4Cl)c[nH]c(=O)c3cc2-c2ccccc2)cc1. The van der Waals surface area contributed by atoms with Crippen LogP contribution in [0.3, 0.4) is 0 Å². The zero-order valence-electron chi connectivity index (χ0n) is 17.2. The van der Waals surface area contributed by atoms with E-state index in [4.69, 9.17) is 22.3 Å². The van der Waals surface area contributed by atoms with Gasteiger partial charge in [0, 0.05) is 40.0 Å². The first kappa shape index (κ1) is 20.2. The summed E-state index contributed by atoms with van der Waals surface area (Å²) in [6.45, 7) is 0.475. The summed E-state index contributed by atoms with van der Waals surface area (Å²) < 4.78 is 0. The van der Waals surface area contributed by atoms with E-state index >= 15 is 0 Å². The van der Waals surface area contributed by atoms with Gasteiger partial charge in [-0.05, 0) is 23.3 Å². The lowest BCUT2D eigenvalue weighted by Gasteiger charge is -2.14. The van der Waals surface area contributed by atoms with Crippen molar-refractivity contribution in [1.82, 2.24) is 9.97 Å². The summed E-state index contributed by atoms with van der Waals surface area (Å²) >= 11 is 6.48. The molecule has 32 heavy (non-hydrogen) atoms. The molecule has 0 fully saturated rings. The fourth-order valence-corrected chi connectivity index (χ4v) is 4.15. The molecule has 0 amide bonds. The number of H-pyrrole nitrogens is 1. The van der Waals surface area contributed by atoms with E-state index in [0.29, 0.717) is 22.5 Å². The van der Waals surface area contributed by atoms with Gasteiger partial charge in [0.1, 0.15) is 0 Å². The molecule has 0 saturated heterocycles. The van der Waals surface area contributed by atoms with Gasteiger partial charge in [0.15, 0.2) is 0 Å². The zero-order chi connectivity index (χ0) is 22.1. The number of benzene rings is 3. The number of aromatic nitrogens is 2. The van der Waals surface area contributed by atoms with Crippen LogP contribution in [0.1, 0.15) is 5.56 Å². The first-order valence-corrected chi connectivity index (χ1v) is 10.7. The Kier molecular flexibility index (Phi) is 5.31. The molecule has 0 aliphatic rings. The van der Waals surface area contributed by atoms with Gasteiger partial charge in [-0.3, -0.25) is 4.79 Å². The second kappa shape index (κ2) is 8.42. The van der Waals surface area contributed by atoms with Crippen LogP contribution in [0.25, 0.3) is 44.4 Å². The van der Waals surface area contributed by atoms with Gasteiger partial charge in [0.25, 0.3) is 5.56 Å². The van der Waals surface area contributed by atoms with Gasteiger partial charge in [-0.15, -0.1) is 0 Å². The fraction of sp³-hybridized carbons (Fsp3) is 0.0370. The molecule has 0 atom stereocenters. The highest BCUT2D eigenvalue weighted by Gasteiger charge is 2.17. The van der Waals surface area contributed by atoms with Crippen molar-refractivity contribution >= 4 is 22.5 Å². The lowest BCUT2D eigenvalue weighted by atomic mass is 9.95. The highest BCUT2D eigenvalue weighted by atomic mass is 35.5. The van der Waals surface area contributed by atoms with Crippen LogP contribution < -0.4 is 11.3 Å². The third-order valence-electron chi connectivity index (χ3n) is 5.58. The molecular weight excluding hydrogens is 418 g/mol. The summed E-state index contributed by atoms with van der Waals surface area (Å²) in [4.78, 5) is 20.7. The van der Waals surface area contributed by atoms with Crippen molar-refractivity contribution in [3.63, 3.8) is 0 Å². The summed E-state index contributed by atoms with van der Waals surface area (Å²) in [6, 6.07) is 27.5. The molecule has 3 N–H and O–H groups in total. The second-order valence-corrected chi connectivity index (χ2v) is 7.97. The summed E-state index contributed by atoms with van der Waals surface area (Å²) in [6.07, 6.45) is 1.68. The molecule has 0 unspecified atom stereocenters. The maximum Gasteiger partial charge on any atom is 0.257 e. The van der Waals surface area contributed by atoms with Crippen molar-refractivity contribution < 1.29 is 0 Å². The predicted molar refractivity (Wildman–Crippen MR) is 132 cm³/mol. The number of rotatable bonds is 4. The zero-order valence-corrected chi connectivity index (χ0v) is 17.9. The molecule has 5 rings (SSSR count). The minimum atomic E-state index is -0.189. The van der Waals surface area contributed by atoms with E-state index in [1.165, 1.54) is 0 Å². The molecule has 0 spiro atoms. The Morgan fingerprint density at radius 2 is 1.53 bits per heavy atom. The molecule has 0 aliphatic heterocycles. The van der Waals surface area contributed by atoms with Crippen LogP contribution in [0.2, 0.25) is 5.02 Å². The molecule has 5 heteroatoms. The molecule has 5 aromatic rings. The number of fused-ring (bicyclic) bond motifs is 1. The molecule has 0 aliphatic carbocycles. The van der Waals surface area contributed by atoms with E-state index in [-0.39, 0.29) is 5.56 Å². The van der Waals surface area contributed by atoms with E-state index in [2.05, 4.69) is 4.98 Å². The molecule has 0 saturated carbocycles. The largest absolute Gasteiger partial charge is 0.328 e. The second-order valence-electron chi connectivity index (χ2n) is 7.56. The molecule has 0 radical (unpaired) electrons. The number of nitrogens with two attached hydrogens (primary N) is 1. The van der Waals surface area contributed by atoms with Gasteiger partial charge in [-0.2, -0.15) is 0 Å². The standard InChI is InChI=1S/C27H20ClN3O/c28-24-9-5-4-8-20(24)23-16-30-27(32)22-14-21(18-6-2-1-3-7-18)25(31-26(22)23)19-12-10-17(15-29)11-13-19/h1-14,16H,15,29H2,(H,30,32). The maximum absolute atomic E-state index is 12.8. The minimum Gasteiger partial charge on any atom is -0.328 e. The molecule has 2 aromatic heterocycles. The number of hydrogen-bond acceptors (Lipinski definition) is 3. The summed E-state index contributed by atoms with van der Waals surface area (Å²) in [5.41, 5.74) is 12.5. The fourth-order valence-electron chi connectivity index (χ4n) is 3.92. The molecule has 2 heterocycles. The van der Waals surface area contributed by atoms with Crippen molar-refractivity contribution in [2.24, 2.45) is 5.73 Å². The molecule has 156 valence electrons. The van der Waals surface area contributed by atoms with E-state index in [9.17, 15) is 4.79 Å². The first-order chi connectivity index (χ1) is 15.7. The van der Waals surface area contributed by atoms with Crippen LogP contribution in [-0.2, 0) is 6.54 Å². The van der Waals surface area contributed by atoms with Crippen LogP contribution in [0.5, 0.6) is 0 Å². The minimum absolute atomic E-state index is 0.189. The average molecular weight is 438 g/mol. The Labute approximate surface area is 190 Å². The van der Waals surface area contributed by atoms with Crippen LogP contribution >= 0.6 is 11.6 Å². The Hall–Kier alpha value is -3.73. The van der Waals surface area contributed by atoms with Crippen LogP contribution in [0.4, 0.5) is 0 Å². The molecule has 3 aromatic carbocycles. The van der Waals surface area contributed by atoms with Crippen LogP contribution in [0, 0.1) is 0 Å². The van der Waals surface area contributed by atoms with E-state index in [1.807, 2.05) is 84.9 Å². The average Bonchev–Trinajstić information content (AvgIpc) is 2.85. The summed E-state index contributed by atoms with van der Waals surface area (Å²) in [5.74, 6) is 0. The van der Waals surface area contributed by atoms with Gasteiger partial charge in [-0.1, -0.05) is 84.4 Å². The Morgan fingerprint density at radius 3 is 2.25 bits per heavy atom. The number of nitrogens with zero attached hydrogens (tertiary/aromatic N) is 1. The number of halogens is 1. The van der Waals surface area contributed by atoms with Crippen LogP contribution in [-0.4, -0.2) is 9.97 Å².